The van der Waals surface area contributed by atoms with Gasteiger partial charge in [0, 0.05) is 13.2 Å². The molecule has 2 aliphatic rings. The summed E-state index contributed by atoms with van der Waals surface area (Å²) in [5.41, 5.74) is 0.802. The minimum Gasteiger partial charge on any atom is -0.376 e. The Morgan fingerprint density at radius 2 is 1.96 bits per heavy atom. The van der Waals surface area contributed by atoms with Crippen LogP contribution in [-0.4, -0.2) is 70.6 Å². The van der Waals surface area contributed by atoms with Crippen molar-refractivity contribution in [2.75, 3.05) is 45.9 Å². The zero-order valence-corrected chi connectivity index (χ0v) is 15.8. The molecule has 0 aromatic heterocycles. The monoisotopic (exact) mass is 382 g/mol. The summed E-state index contributed by atoms with van der Waals surface area (Å²) in [4.78, 5) is 13.2. The number of sulfonamides is 1. The lowest BCUT2D eigenvalue weighted by Gasteiger charge is -2.31. The summed E-state index contributed by atoms with van der Waals surface area (Å²) < 4.78 is 32.2. The van der Waals surface area contributed by atoms with Crippen molar-refractivity contribution in [1.82, 2.24) is 9.62 Å². The largest absolute Gasteiger partial charge is 0.376 e. The Balaban J connectivity index is 1.41. The Bertz CT molecular complexity index is 682. The normalized spacial score (nSPS) is 22.4. The number of nitrogens with zero attached hydrogens (tertiary/aromatic N) is 1. The van der Waals surface area contributed by atoms with Gasteiger partial charge in [-0.3, -0.25) is 4.79 Å². The van der Waals surface area contributed by atoms with Crippen LogP contribution in [0.25, 0.3) is 0 Å². The Morgan fingerprint density at radius 1 is 1.23 bits per heavy atom. The highest BCUT2D eigenvalue weighted by Crippen LogP contribution is 2.11. The fraction of sp³-hybridized carbons (Fsp3) is 0.611. The average molecular weight is 383 g/mol. The zero-order chi connectivity index (χ0) is 18.4. The summed E-state index contributed by atoms with van der Waals surface area (Å²) in [7, 11) is -3.31. The van der Waals surface area contributed by atoms with Gasteiger partial charge in [-0.15, -0.1) is 0 Å². The van der Waals surface area contributed by atoms with Gasteiger partial charge in [0.15, 0.2) is 6.54 Å². The molecule has 1 atom stereocenters. The molecule has 0 bridgehead atoms. The third-order valence-corrected chi connectivity index (χ3v) is 6.83. The first-order valence-corrected chi connectivity index (χ1v) is 10.9. The lowest BCUT2D eigenvalue weighted by molar-refractivity contribution is -0.895. The molecular weight excluding hydrogens is 354 g/mol. The molecule has 2 fully saturated rings. The molecule has 0 saturated carbocycles. The Labute approximate surface area is 155 Å². The quantitative estimate of drug-likeness (QED) is 0.635. The number of benzene rings is 1. The van der Waals surface area contributed by atoms with E-state index in [2.05, 4.69) is 5.32 Å². The molecule has 0 spiro atoms. The van der Waals surface area contributed by atoms with Gasteiger partial charge in [0.25, 0.3) is 5.91 Å². The average Bonchev–Trinajstić information content (AvgIpc) is 3.14. The maximum atomic E-state index is 12.6. The van der Waals surface area contributed by atoms with Crippen LogP contribution in [0.3, 0.4) is 0 Å². The molecule has 3 rings (SSSR count). The summed E-state index contributed by atoms with van der Waals surface area (Å²) in [5.74, 6) is 0.0431. The third-order valence-electron chi connectivity index (χ3n) is 4.98. The predicted molar refractivity (Wildman–Crippen MR) is 98.2 cm³/mol. The highest BCUT2D eigenvalue weighted by Gasteiger charge is 2.30. The topological polar surface area (TPSA) is 80.2 Å². The van der Waals surface area contributed by atoms with Crippen molar-refractivity contribution < 1.29 is 22.8 Å². The molecule has 2 N–H and O–H groups in total. The Kier molecular flexibility index (Phi) is 6.63. The summed E-state index contributed by atoms with van der Waals surface area (Å²) in [6.45, 7) is 3.98. The molecule has 7 nitrogen and oxygen atoms in total. The number of quaternary nitrogens is 1. The van der Waals surface area contributed by atoms with E-state index in [1.54, 1.807) is 4.31 Å². The summed E-state index contributed by atoms with van der Waals surface area (Å²) in [5, 5.41) is 2.93. The summed E-state index contributed by atoms with van der Waals surface area (Å²) in [6.07, 6.45) is 2.21. The zero-order valence-electron chi connectivity index (χ0n) is 15.0. The molecule has 1 amide bonds. The van der Waals surface area contributed by atoms with Crippen molar-refractivity contribution in [3.63, 3.8) is 0 Å². The van der Waals surface area contributed by atoms with Crippen molar-refractivity contribution in [2.24, 2.45) is 0 Å². The van der Waals surface area contributed by atoms with E-state index < -0.39 is 10.0 Å². The molecule has 1 aromatic carbocycles. The van der Waals surface area contributed by atoms with Crippen LogP contribution < -0.4 is 10.2 Å². The smallest absolute Gasteiger partial charge is 0.275 e. The first-order chi connectivity index (χ1) is 12.5. The van der Waals surface area contributed by atoms with E-state index in [0.717, 1.165) is 29.9 Å². The molecule has 0 unspecified atom stereocenters. The Morgan fingerprint density at radius 3 is 2.62 bits per heavy atom. The molecular formula is C18H28N3O4S+. The van der Waals surface area contributed by atoms with Crippen LogP contribution in [0.4, 0.5) is 0 Å². The molecule has 2 aliphatic heterocycles. The lowest BCUT2D eigenvalue weighted by Crippen LogP contribution is -3.15. The van der Waals surface area contributed by atoms with Gasteiger partial charge in [-0.25, -0.2) is 8.42 Å². The highest BCUT2D eigenvalue weighted by molar-refractivity contribution is 7.88. The molecule has 2 saturated heterocycles. The van der Waals surface area contributed by atoms with Crippen LogP contribution in [0.2, 0.25) is 0 Å². The number of hydrogen-bond donors (Lipinski definition) is 2. The first kappa shape index (κ1) is 19.3. The van der Waals surface area contributed by atoms with E-state index in [1.807, 2.05) is 30.3 Å². The Hall–Kier alpha value is -1.48. The predicted octanol–water partition coefficient (Wildman–Crippen LogP) is -0.988. The van der Waals surface area contributed by atoms with Crippen LogP contribution in [0, 0.1) is 0 Å². The molecule has 0 radical (unpaired) electrons. The third kappa shape index (κ3) is 5.51. The standard InChI is InChI=1S/C18H27N3O4S/c22-18(19-13-17-7-4-12-25-17)14-20-8-10-21(11-9-20)26(23,24)15-16-5-2-1-3-6-16/h1-3,5-6,17H,4,7-15H2,(H,19,22)/p+1/t17-/m0/s1. The van der Waals surface area contributed by atoms with Gasteiger partial charge in [-0.2, -0.15) is 4.31 Å². The van der Waals surface area contributed by atoms with Gasteiger partial charge >= 0.3 is 0 Å². The van der Waals surface area contributed by atoms with Gasteiger partial charge in [-0.1, -0.05) is 30.3 Å². The number of nitrogens with one attached hydrogen (secondary N) is 2. The van der Waals surface area contributed by atoms with E-state index in [4.69, 9.17) is 4.74 Å². The SMILES string of the molecule is O=C(C[NH+]1CCN(S(=O)(=O)Cc2ccccc2)CC1)NC[C@@H]1CCCO1. The molecule has 2 heterocycles. The minimum absolute atomic E-state index is 0.0103. The lowest BCUT2D eigenvalue weighted by atomic mass is 10.2. The second kappa shape index (κ2) is 8.94. The van der Waals surface area contributed by atoms with Crippen LogP contribution in [-0.2, 0) is 25.3 Å². The number of amides is 1. The van der Waals surface area contributed by atoms with Gasteiger partial charge in [0.2, 0.25) is 10.0 Å². The van der Waals surface area contributed by atoms with Crippen LogP contribution in [0.1, 0.15) is 18.4 Å². The number of piperazine rings is 1. The summed E-state index contributed by atoms with van der Waals surface area (Å²) in [6, 6.07) is 9.24. The number of hydrogen-bond acceptors (Lipinski definition) is 4. The van der Waals surface area contributed by atoms with Gasteiger partial charge in [-0.05, 0) is 18.4 Å². The van der Waals surface area contributed by atoms with E-state index >= 15 is 0 Å². The number of ether oxygens (including phenoxy) is 1. The van der Waals surface area contributed by atoms with E-state index in [9.17, 15) is 13.2 Å². The summed E-state index contributed by atoms with van der Waals surface area (Å²) >= 11 is 0. The van der Waals surface area contributed by atoms with Crippen LogP contribution in [0.15, 0.2) is 30.3 Å². The van der Waals surface area contributed by atoms with Crippen LogP contribution >= 0.6 is 0 Å². The van der Waals surface area contributed by atoms with Crippen molar-refractivity contribution in [3.05, 3.63) is 35.9 Å². The second-order valence-electron chi connectivity index (χ2n) is 7.01. The minimum atomic E-state index is -3.31. The van der Waals surface area contributed by atoms with Crippen LogP contribution in [0.5, 0.6) is 0 Å². The van der Waals surface area contributed by atoms with E-state index in [0.29, 0.717) is 39.3 Å². The highest BCUT2D eigenvalue weighted by atomic mass is 32.2. The maximum absolute atomic E-state index is 12.6. The molecule has 26 heavy (non-hydrogen) atoms. The number of rotatable bonds is 7. The number of carbonyl (C=O) groups is 1. The van der Waals surface area contributed by atoms with Crippen molar-refractivity contribution in [2.45, 2.75) is 24.7 Å². The first-order valence-electron chi connectivity index (χ1n) is 9.26. The van der Waals surface area contributed by atoms with Crippen molar-refractivity contribution in [1.29, 1.82) is 0 Å². The molecule has 1 aromatic rings. The van der Waals surface area contributed by atoms with Gasteiger partial charge in [0.05, 0.1) is 38.0 Å². The fourth-order valence-corrected chi connectivity index (χ4v) is 4.99. The van der Waals surface area contributed by atoms with E-state index in [1.165, 1.54) is 0 Å². The van der Waals surface area contributed by atoms with Crippen molar-refractivity contribution >= 4 is 15.9 Å². The molecule has 0 aliphatic carbocycles. The second-order valence-corrected chi connectivity index (χ2v) is 8.98. The maximum Gasteiger partial charge on any atom is 0.275 e. The molecule has 144 valence electrons. The van der Waals surface area contributed by atoms with Gasteiger partial charge < -0.3 is 15.0 Å². The van der Waals surface area contributed by atoms with Gasteiger partial charge in [0.1, 0.15) is 0 Å². The fourth-order valence-electron chi connectivity index (χ4n) is 3.46. The van der Waals surface area contributed by atoms with E-state index in [-0.39, 0.29) is 17.8 Å². The van der Waals surface area contributed by atoms with Crippen molar-refractivity contribution in [3.8, 4) is 0 Å². The molecule has 8 heteroatoms. The number of carbonyl (C=O) groups excluding carboxylic acids is 1.